The first kappa shape index (κ1) is 18.8. The lowest BCUT2D eigenvalue weighted by atomic mass is 9.96. The SMILES string of the molecule is CCCNC(C)(CCCSC1CCCCC1)C(=O)OCC. The van der Waals surface area contributed by atoms with E-state index in [1.165, 1.54) is 32.1 Å². The first-order valence-electron chi connectivity index (χ1n) is 8.66. The highest BCUT2D eigenvalue weighted by Gasteiger charge is 2.33. The van der Waals surface area contributed by atoms with E-state index in [1.54, 1.807) is 0 Å². The van der Waals surface area contributed by atoms with Crippen LogP contribution >= 0.6 is 11.8 Å². The van der Waals surface area contributed by atoms with Gasteiger partial charge in [-0.3, -0.25) is 4.79 Å². The molecule has 1 unspecified atom stereocenters. The minimum Gasteiger partial charge on any atom is -0.465 e. The van der Waals surface area contributed by atoms with E-state index in [4.69, 9.17) is 4.74 Å². The fraction of sp³-hybridized carbons (Fsp3) is 0.941. The number of nitrogens with one attached hydrogen (secondary N) is 1. The molecule has 124 valence electrons. The quantitative estimate of drug-likeness (QED) is 0.485. The topological polar surface area (TPSA) is 38.3 Å². The lowest BCUT2D eigenvalue weighted by Crippen LogP contribution is -2.50. The third-order valence-corrected chi connectivity index (χ3v) is 5.69. The number of carbonyl (C=O) groups is 1. The Balaban J connectivity index is 2.32. The molecule has 0 radical (unpaired) electrons. The predicted octanol–water partition coefficient (Wildman–Crippen LogP) is 4.15. The third kappa shape index (κ3) is 7.05. The van der Waals surface area contributed by atoms with Gasteiger partial charge in [-0.15, -0.1) is 0 Å². The van der Waals surface area contributed by atoms with Crippen molar-refractivity contribution in [3.63, 3.8) is 0 Å². The maximum Gasteiger partial charge on any atom is 0.326 e. The van der Waals surface area contributed by atoms with Crippen LogP contribution in [0.5, 0.6) is 0 Å². The zero-order valence-electron chi connectivity index (χ0n) is 14.1. The molecule has 0 aliphatic heterocycles. The molecule has 0 spiro atoms. The first-order chi connectivity index (χ1) is 10.1. The van der Waals surface area contributed by atoms with Gasteiger partial charge in [0.1, 0.15) is 5.54 Å². The van der Waals surface area contributed by atoms with Crippen molar-refractivity contribution in [2.45, 2.75) is 82.9 Å². The van der Waals surface area contributed by atoms with Crippen LogP contribution in [0, 0.1) is 0 Å². The van der Waals surface area contributed by atoms with Crippen molar-refractivity contribution in [3.8, 4) is 0 Å². The van der Waals surface area contributed by atoms with E-state index in [-0.39, 0.29) is 5.97 Å². The molecule has 1 saturated carbocycles. The molecule has 21 heavy (non-hydrogen) atoms. The van der Waals surface area contributed by atoms with Crippen LogP contribution in [0.4, 0.5) is 0 Å². The average molecular weight is 316 g/mol. The summed E-state index contributed by atoms with van der Waals surface area (Å²) in [5.41, 5.74) is -0.515. The summed E-state index contributed by atoms with van der Waals surface area (Å²) in [5, 5.41) is 4.24. The summed E-state index contributed by atoms with van der Waals surface area (Å²) >= 11 is 2.11. The summed E-state index contributed by atoms with van der Waals surface area (Å²) in [6, 6.07) is 0. The Hall–Kier alpha value is -0.220. The Kier molecular flexibility index (Phi) is 9.41. The van der Waals surface area contributed by atoms with Crippen LogP contribution in [0.1, 0.15) is 72.1 Å². The zero-order valence-corrected chi connectivity index (χ0v) is 14.9. The van der Waals surface area contributed by atoms with Crippen LogP contribution in [0.25, 0.3) is 0 Å². The second kappa shape index (κ2) is 10.5. The Bertz CT molecular complexity index is 293. The molecule has 1 rings (SSSR count). The van der Waals surface area contributed by atoms with E-state index in [0.29, 0.717) is 6.61 Å². The molecule has 0 aromatic carbocycles. The highest BCUT2D eigenvalue weighted by molar-refractivity contribution is 7.99. The predicted molar refractivity (Wildman–Crippen MR) is 91.9 cm³/mol. The molecule has 0 amide bonds. The molecule has 1 aliphatic rings. The second-order valence-corrected chi connectivity index (χ2v) is 7.62. The van der Waals surface area contributed by atoms with Gasteiger partial charge in [-0.2, -0.15) is 11.8 Å². The summed E-state index contributed by atoms with van der Waals surface area (Å²) in [5.74, 6) is 1.06. The monoisotopic (exact) mass is 315 g/mol. The fourth-order valence-electron chi connectivity index (χ4n) is 2.86. The Morgan fingerprint density at radius 2 is 2.00 bits per heavy atom. The van der Waals surface area contributed by atoms with E-state index in [9.17, 15) is 4.79 Å². The maximum absolute atomic E-state index is 12.2. The molecule has 0 aromatic heterocycles. The summed E-state index contributed by atoms with van der Waals surface area (Å²) in [4.78, 5) is 12.2. The molecule has 0 saturated heterocycles. The lowest BCUT2D eigenvalue weighted by Gasteiger charge is -2.29. The number of hydrogen-bond acceptors (Lipinski definition) is 4. The largest absolute Gasteiger partial charge is 0.465 e. The van der Waals surface area contributed by atoms with Crippen molar-refractivity contribution in [1.82, 2.24) is 5.32 Å². The van der Waals surface area contributed by atoms with Gasteiger partial charge in [-0.1, -0.05) is 26.2 Å². The zero-order chi connectivity index (χ0) is 15.6. The molecule has 0 heterocycles. The van der Waals surface area contributed by atoms with Crippen LogP contribution < -0.4 is 5.32 Å². The standard InChI is InChI=1S/C17H33NO2S/c1-4-13-18-17(3,16(19)20-5-2)12-9-14-21-15-10-7-6-8-11-15/h15,18H,4-14H2,1-3H3. The van der Waals surface area contributed by atoms with Crippen molar-refractivity contribution in [1.29, 1.82) is 0 Å². The van der Waals surface area contributed by atoms with Gasteiger partial charge in [0, 0.05) is 5.25 Å². The van der Waals surface area contributed by atoms with Gasteiger partial charge >= 0.3 is 5.97 Å². The molecule has 3 nitrogen and oxygen atoms in total. The number of thioether (sulfide) groups is 1. The highest BCUT2D eigenvalue weighted by atomic mass is 32.2. The average Bonchev–Trinajstić information content (AvgIpc) is 2.51. The number of esters is 1. The normalized spacial score (nSPS) is 19.2. The summed E-state index contributed by atoms with van der Waals surface area (Å²) < 4.78 is 5.24. The van der Waals surface area contributed by atoms with E-state index in [0.717, 1.165) is 36.8 Å². The van der Waals surface area contributed by atoms with Crippen molar-refractivity contribution in [2.75, 3.05) is 18.9 Å². The number of ether oxygens (including phenoxy) is 1. The highest BCUT2D eigenvalue weighted by Crippen LogP contribution is 2.29. The van der Waals surface area contributed by atoms with Crippen molar-refractivity contribution >= 4 is 17.7 Å². The molecule has 4 heteroatoms. The van der Waals surface area contributed by atoms with E-state index >= 15 is 0 Å². The Labute approximate surface area is 135 Å². The number of carbonyl (C=O) groups excluding carboxylic acids is 1. The van der Waals surface area contributed by atoms with Gasteiger partial charge in [0.25, 0.3) is 0 Å². The van der Waals surface area contributed by atoms with Crippen LogP contribution in [-0.2, 0) is 9.53 Å². The van der Waals surface area contributed by atoms with Crippen LogP contribution in [-0.4, -0.2) is 35.7 Å². The van der Waals surface area contributed by atoms with Gasteiger partial charge in [0.05, 0.1) is 6.61 Å². The molecule has 0 bridgehead atoms. The summed E-state index contributed by atoms with van der Waals surface area (Å²) in [6.07, 6.45) is 9.96. The molecular weight excluding hydrogens is 282 g/mol. The molecule has 1 aliphatic carbocycles. The van der Waals surface area contributed by atoms with Crippen molar-refractivity contribution < 1.29 is 9.53 Å². The van der Waals surface area contributed by atoms with E-state index in [1.807, 2.05) is 13.8 Å². The third-order valence-electron chi connectivity index (χ3n) is 4.22. The smallest absolute Gasteiger partial charge is 0.326 e. The van der Waals surface area contributed by atoms with Crippen molar-refractivity contribution in [2.24, 2.45) is 0 Å². The summed E-state index contributed by atoms with van der Waals surface area (Å²) in [6.45, 7) is 7.31. The molecule has 1 atom stereocenters. The molecular formula is C17H33NO2S. The number of rotatable bonds is 10. The van der Waals surface area contributed by atoms with Gasteiger partial charge in [0.2, 0.25) is 0 Å². The minimum atomic E-state index is -0.515. The second-order valence-electron chi connectivity index (χ2n) is 6.21. The molecule has 1 fully saturated rings. The van der Waals surface area contributed by atoms with Gasteiger partial charge < -0.3 is 10.1 Å². The van der Waals surface area contributed by atoms with Crippen LogP contribution in [0.15, 0.2) is 0 Å². The minimum absolute atomic E-state index is 0.0962. The fourth-order valence-corrected chi connectivity index (χ4v) is 4.17. The van der Waals surface area contributed by atoms with Gasteiger partial charge in [-0.05, 0) is 58.2 Å². The van der Waals surface area contributed by atoms with Crippen LogP contribution in [0.3, 0.4) is 0 Å². The van der Waals surface area contributed by atoms with E-state index < -0.39 is 5.54 Å². The van der Waals surface area contributed by atoms with Gasteiger partial charge in [0.15, 0.2) is 0 Å². The Morgan fingerprint density at radius 1 is 1.29 bits per heavy atom. The van der Waals surface area contributed by atoms with Gasteiger partial charge in [-0.25, -0.2) is 0 Å². The van der Waals surface area contributed by atoms with E-state index in [2.05, 4.69) is 24.0 Å². The maximum atomic E-state index is 12.2. The van der Waals surface area contributed by atoms with Crippen LogP contribution in [0.2, 0.25) is 0 Å². The lowest BCUT2D eigenvalue weighted by molar-refractivity contribution is -0.150. The summed E-state index contributed by atoms with van der Waals surface area (Å²) in [7, 11) is 0. The Morgan fingerprint density at radius 3 is 2.62 bits per heavy atom. The molecule has 0 aromatic rings. The van der Waals surface area contributed by atoms with Crippen molar-refractivity contribution in [3.05, 3.63) is 0 Å². The first-order valence-corrected chi connectivity index (χ1v) is 9.71. The number of hydrogen-bond donors (Lipinski definition) is 1. The molecule has 1 N–H and O–H groups in total.